The molecule has 0 radical (unpaired) electrons. The van der Waals surface area contributed by atoms with Crippen molar-refractivity contribution >= 4 is 0 Å². The van der Waals surface area contributed by atoms with Gasteiger partial charge in [0.05, 0.1) is 0 Å². The van der Waals surface area contributed by atoms with E-state index in [1.54, 1.807) is 0 Å². The molecule has 4 rings (SSSR count). The number of hydrogen-bond donors (Lipinski definition) is 1. The maximum Gasteiger partial charge on any atom is 0.119 e. The third-order valence-corrected chi connectivity index (χ3v) is 5.90. The van der Waals surface area contributed by atoms with Crippen LogP contribution in [0.1, 0.15) is 62.1 Å². The van der Waals surface area contributed by atoms with E-state index < -0.39 is 0 Å². The minimum Gasteiger partial charge on any atom is -0.508 e. The van der Waals surface area contributed by atoms with Gasteiger partial charge in [0.1, 0.15) is 5.75 Å². The quantitative estimate of drug-likeness (QED) is 0.877. The zero-order valence-corrected chi connectivity index (χ0v) is 12.2. The second kappa shape index (κ2) is 5.07. The second-order valence-corrected chi connectivity index (χ2v) is 6.89. The molecular weight excluding hydrogens is 246 g/mol. The molecule has 1 aromatic rings. The lowest BCUT2D eigenvalue weighted by Gasteiger charge is -2.34. The van der Waals surface area contributed by atoms with E-state index in [0.29, 0.717) is 11.8 Å². The van der Waals surface area contributed by atoms with Crippen molar-refractivity contribution in [3.63, 3.8) is 0 Å². The van der Waals surface area contributed by atoms with Crippen LogP contribution in [0.25, 0.3) is 0 Å². The summed E-state index contributed by atoms with van der Waals surface area (Å²) in [5.74, 6) is 1.46. The first-order chi connectivity index (χ1) is 9.84. The van der Waals surface area contributed by atoms with Gasteiger partial charge >= 0.3 is 0 Å². The summed E-state index contributed by atoms with van der Waals surface area (Å²) in [5.41, 5.74) is 2.63. The fourth-order valence-corrected chi connectivity index (χ4v) is 5.01. The summed E-state index contributed by atoms with van der Waals surface area (Å²) in [4.78, 5) is 2.79. The number of rotatable bonds is 2. The third kappa shape index (κ3) is 1.96. The van der Waals surface area contributed by atoms with Gasteiger partial charge in [-0.15, -0.1) is 0 Å². The van der Waals surface area contributed by atoms with Gasteiger partial charge in [0.25, 0.3) is 0 Å². The van der Waals surface area contributed by atoms with Crippen LogP contribution >= 0.6 is 0 Å². The molecule has 2 unspecified atom stereocenters. The standard InChI is InChI=1S/C18H25NO/c20-18-9-3-7-14-15(18)10-11-17(14)19-12-4-8-16(19)13-5-1-2-6-13/h3,7,9,13,16-17,20H,1-2,4-6,8,10-12H2. The van der Waals surface area contributed by atoms with E-state index in [1.807, 2.05) is 12.1 Å². The molecule has 1 heterocycles. The Kier molecular flexibility index (Phi) is 3.22. The minimum atomic E-state index is 0.515. The highest BCUT2D eigenvalue weighted by Gasteiger charge is 2.39. The summed E-state index contributed by atoms with van der Waals surface area (Å²) >= 11 is 0. The molecule has 2 heteroatoms. The molecule has 0 bridgehead atoms. The summed E-state index contributed by atoms with van der Waals surface area (Å²) < 4.78 is 0. The number of phenolic OH excluding ortho intramolecular Hbond substituents is 1. The molecule has 0 spiro atoms. The minimum absolute atomic E-state index is 0.515. The molecule has 3 aliphatic rings. The van der Waals surface area contributed by atoms with Crippen LogP contribution in [0.5, 0.6) is 5.75 Å². The molecule has 0 amide bonds. The van der Waals surface area contributed by atoms with E-state index in [0.717, 1.165) is 18.4 Å². The predicted octanol–water partition coefficient (Wildman–Crippen LogP) is 4.03. The van der Waals surface area contributed by atoms with Gasteiger partial charge in [0.15, 0.2) is 0 Å². The lowest BCUT2D eigenvalue weighted by molar-refractivity contribution is 0.134. The molecule has 1 aliphatic heterocycles. The molecule has 2 aliphatic carbocycles. The lowest BCUT2D eigenvalue weighted by Crippen LogP contribution is -2.36. The van der Waals surface area contributed by atoms with Crippen molar-refractivity contribution in [2.24, 2.45) is 5.92 Å². The van der Waals surface area contributed by atoms with Crippen LogP contribution in [-0.4, -0.2) is 22.6 Å². The van der Waals surface area contributed by atoms with Gasteiger partial charge in [-0.2, -0.15) is 0 Å². The Morgan fingerprint density at radius 2 is 1.85 bits per heavy atom. The average Bonchev–Trinajstić information content (AvgIpc) is 3.18. The van der Waals surface area contributed by atoms with Crippen LogP contribution in [0.4, 0.5) is 0 Å². The predicted molar refractivity (Wildman–Crippen MR) is 80.9 cm³/mol. The number of likely N-dealkylation sites (tertiary alicyclic amines) is 1. The van der Waals surface area contributed by atoms with E-state index in [2.05, 4.69) is 11.0 Å². The highest BCUT2D eigenvalue weighted by atomic mass is 16.3. The monoisotopic (exact) mass is 271 g/mol. The summed E-state index contributed by atoms with van der Waals surface area (Å²) in [6.45, 7) is 1.26. The number of nitrogens with zero attached hydrogens (tertiary/aromatic N) is 1. The maximum atomic E-state index is 10.1. The largest absolute Gasteiger partial charge is 0.508 e. The normalized spacial score (nSPS) is 31.0. The van der Waals surface area contributed by atoms with Gasteiger partial charge in [-0.1, -0.05) is 25.0 Å². The molecule has 108 valence electrons. The van der Waals surface area contributed by atoms with Crippen LogP contribution in [0, 0.1) is 5.92 Å². The molecule has 0 aromatic heterocycles. The van der Waals surface area contributed by atoms with E-state index in [9.17, 15) is 5.11 Å². The number of aromatic hydroxyl groups is 1. The van der Waals surface area contributed by atoms with Crippen molar-refractivity contribution in [2.75, 3.05) is 6.54 Å². The van der Waals surface area contributed by atoms with Crippen LogP contribution < -0.4 is 0 Å². The Morgan fingerprint density at radius 1 is 1.00 bits per heavy atom. The van der Waals surface area contributed by atoms with Crippen LogP contribution in [0.15, 0.2) is 18.2 Å². The van der Waals surface area contributed by atoms with Crippen LogP contribution in [0.3, 0.4) is 0 Å². The fourth-order valence-electron chi connectivity index (χ4n) is 5.01. The smallest absolute Gasteiger partial charge is 0.119 e. The first-order valence-corrected chi connectivity index (χ1v) is 8.41. The second-order valence-electron chi connectivity index (χ2n) is 6.89. The van der Waals surface area contributed by atoms with Gasteiger partial charge in [0, 0.05) is 12.1 Å². The summed E-state index contributed by atoms with van der Waals surface area (Å²) in [6, 6.07) is 7.50. The first-order valence-electron chi connectivity index (χ1n) is 8.41. The Balaban J connectivity index is 1.60. The molecule has 2 atom stereocenters. The molecular formula is C18H25NO. The first kappa shape index (κ1) is 12.7. The van der Waals surface area contributed by atoms with Crippen molar-refractivity contribution in [1.82, 2.24) is 4.90 Å². The molecule has 2 fully saturated rings. The lowest BCUT2D eigenvalue weighted by atomic mass is 9.94. The highest BCUT2D eigenvalue weighted by molar-refractivity contribution is 5.44. The van der Waals surface area contributed by atoms with Gasteiger partial charge in [0.2, 0.25) is 0 Å². The maximum absolute atomic E-state index is 10.1. The molecule has 2 nitrogen and oxygen atoms in total. The van der Waals surface area contributed by atoms with E-state index in [1.165, 1.54) is 62.6 Å². The van der Waals surface area contributed by atoms with E-state index in [-0.39, 0.29) is 0 Å². The van der Waals surface area contributed by atoms with Crippen molar-refractivity contribution in [2.45, 2.75) is 63.5 Å². The molecule has 20 heavy (non-hydrogen) atoms. The van der Waals surface area contributed by atoms with E-state index in [4.69, 9.17) is 0 Å². The molecule has 1 N–H and O–H groups in total. The fraction of sp³-hybridized carbons (Fsp3) is 0.667. The Morgan fingerprint density at radius 3 is 2.70 bits per heavy atom. The van der Waals surface area contributed by atoms with Gasteiger partial charge in [-0.3, -0.25) is 4.90 Å². The number of benzene rings is 1. The van der Waals surface area contributed by atoms with Gasteiger partial charge < -0.3 is 5.11 Å². The third-order valence-electron chi connectivity index (χ3n) is 5.90. The average molecular weight is 271 g/mol. The number of fused-ring (bicyclic) bond motifs is 1. The van der Waals surface area contributed by atoms with Gasteiger partial charge in [-0.25, -0.2) is 0 Å². The summed E-state index contributed by atoms with van der Waals surface area (Å²) in [6.07, 6.45) is 10.8. The molecule has 1 saturated heterocycles. The number of hydrogen-bond acceptors (Lipinski definition) is 2. The summed E-state index contributed by atoms with van der Waals surface area (Å²) in [7, 11) is 0. The Labute approximate surface area is 121 Å². The Hall–Kier alpha value is -1.02. The van der Waals surface area contributed by atoms with Crippen LogP contribution in [0.2, 0.25) is 0 Å². The van der Waals surface area contributed by atoms with Gasteiger partial charge in [-0.05, 0) is 68.2 Å². The SMILES string of the molecule is Oc1cccc2c1CCC2N1CCCC1C1CCCC1. The molecule has 1 aromatic carbocycles. The van der Waals surface area contributed by atoms with Crippen molar-refractivity contribution in [3.8, 4) is 5.75 Å². The zero-order valence-electron chi connectivity index (χ0n) is 12.2. The summed E-state index contributed by atoms with van der Waals surface area (Å²) in [5, 5.41) is 10.1. The highest BCUT2D eigenvalue weighted by Crippen LogP contribution is 2.45. The topological polar surface area (TPSA) is 23.5 Å². The Bertz CT molecular complexity index is 492. The molecule has 1 saturated carbocycles. The van der Waals surface area contributed by atoms with E-state index >= 15 is 0 Å². The van der Waals surface area contributed by atoms with Crippen molar-refractivity contribution in [1.29, 1.82) is 0 Å². The number of phenols is 1. The van der Waals surface area contributed by atoms with Crippen LogP contribution in [-0.2, 0) is 6.42 Å². The van der Waals surface area contributed by atoms with Crippen molar-refractivity contribution in [3.05, 3.63) is 29.3 Å². The van der Waals surface area contributed by atoms with Crippen molar-refractivity contribution < 1.29 is 5.11 Å². The zero-order chi connectivity index (χ0) is 13.5.